The van der Waals surface area contributed by atoms with Gasteiger partial charge >= 0.3 is 5.69 Å². The van der Waals surface area contributed by atoms with Crippen molar-refractivity contribution in [1.82, 2.24) is 0 Å². The number of nitro benzene ring substituents is 1. The van der Waals surface area contributed by atoms with Crippen molar-refractivity contribution in [2.45, 2.75) is 0 Å². The highest BCUT2D eigenvalue weighted by molar-refractivity contribution is 6.39. The van der Waals surface area contributed by atoms with Gasteiger partial charge in [-0.25, -0.2) is 4.39 Å². The molecular weight excluding hydrogens is 222 g/mol. The summed E-state index contributed by atoms with van der Waals surface area (Å²) in [5.74, 6) is -0.874. The summed E-state index contributed by atoms with van der Waals surface area (Å²) in [6.45, 7) is 0. The van der Waals surface area contributed by atoms with Crippen molar-refractivity contribution < 1.29 is 9.31 Å². The highest BCUT2D eigenvalue weighted by atomic mass is 35.5. The minimum atomic E-state index is -0.874. The Morgan fingerprint density at radius 1 is 1.54 bits per heavy atom. The van der Waals surface area contributed by atoms with E-state index in [0.717, 1.165) is 6.07 Å². The fourth-order valence-corrected chi connectivity index (χ4v) is 1.33. The number of benzene rings is 1. The quantitative estimate of drug-likeness (QED) is 0.453. The van der Waals surface area contributed by atoms with E-state index >= 15 is 0 Å². The average Bonchev–Trinajstić information content (AvgIpc) is 1.99. The van der Waals surface area contributed by atoms with Gasteiger partial charge in [-0.2, -0.15) is 0 Å². The van der Waals surface area contributed by atoms with E-state index in [9.17, 15) is 14.5 Å². The van der Waals surface area contributed by atoms with Crippen LogP contribution in [0.25, 0.3) is 0 Å². The monoisotopic (exact) mass is 224 g/mol. The van der Waals surface area contributed by atoms with Crippen LogP contribution in [0, 0.1) is 15.9 Å². The van der Waals surface area contributed by atoms with Crippen molar-refractivity contribution in [1.29, 1.82) is 0 Å². The number of nitrogens with two attached hydrogens (primary N) is 1. The molecular formula is C6H3Cl2FN2O2. The second kappa shape index (κ2) is 3.35. The predicted molar refractivity (Wildman–Crippen MR) is 47.5 cm³/mol. The van der Waals surface area contributed by atoms with Crippen molar-refractivity contribution in [3.05, 3.63) is 32.0 Å². The number of nitrogens with zero attached hydrogens (tertiary/aromatic N) is 1. The molecule has 0 amide bonds. The zero-order valence-electron chi connectivity index (χ0n) is 6.05. The van der Waals surface area contributed by atoms with Crippen molar-refractivity contribution in [3.63, 3.8) is 0 Å². The molecule has 0 aromatic heterocycles. The van der Waals surface area contributed by atoms with Crippen LogP contribution in [-0.4, -0.2) is 4.92 Å². The standard InChI is InChI=1S/C6H3Cl2FN2O2/c7-2-1-3(9)5(10)4(8)6(2)11(12)13/h1H,10H2. The van der Waals surface area contributed by atoms with Crippen molar-refractivity contribution in [2.24, 2.45) is 0 Å². The molecule has 4 nitrogen and oxygen atoms in total. The number of anilines is 1. The topological polar surface area (TPSA) is 69.2 Å². The summed E-state index contributed by atoms with van der Waals surface area (Å²) in [6, 6.07) is 0.751. The van der Waals surface area contributed by atoms with Crippen LogP contribution < -0.4 is 5.73 Å². The number of hydrogen-bond acceptors (Lipinski definition) is 3. The van der Waals surface area contributed by atoms with Gasteiger partial charge in [-0.05, 0) is 0 Å². The van der Waals surface area contributed by atoms with Crippen molar-refractivity contribution in [2.75, 3.05) is 5.73 Å². The molecule has 1 aromatic carbocycles. The molecule has 13 heavy (non-hydrogen) atoms. The Labute approximate surface area is 82.2 Å². The van der Waals surface area contributed by atoms with E-state index in [4.69, 9.17) is 28.9 Å². The molecule has 0 aliphatic heterocycles. The first kappa shape index (κ1) is 10.0. The van der Waals surface area contributed by atoms with Crippen LogP contribution in [0.2, 0.25) is 10.0 Å². The van der Waals surface area contributed by atoms with Crippen molar-refractivity contribution in [3.8, 4) is 0 Å². The Kier molecular flexibility index (Phi) is 2.58. The third-order valence-corrected chi connectivity index (χ3v) is 2.03. The normalized spacial score (nSPS) is 10.1. The van der Waals surface area contributed by atoms with Gasteiger partial charge in [-0.1, -0.05) is 23.2 Å². The summed E-state index contributed by atoms with van der Waals surface area (Å²) >= 11 is 10.8. The SMILES string of the molecule is Nc1c(F)cc(Cl)c([N+](=O)[O-])c1Cl. The Morgan fingerprint density at radius 2 is 2.08 bits per heavy atom. The molecule has 0 heterocycles. The van der Waals surface area contributed by atoms with E-state index in [-0.39, 0.29) is 5.02 Å². The van der Waals surface area contributed by atoms with Gasteiger partial charge in [0.2, 0.25) is 0 Å². The van der Waals surface area contributed by atoms with Crippen LogP contribution in [0.1, 0.15) is 0 Å². The first-order valence-electron chi connectivity index (χ1n) is 3.02. The lowest BCUT2D eigenvalue weighted by Gasteiger charge is -2.02. The predicted octanol–water partition coefficient (Wildman–Crippen LogP) is 2.62. The summed E-state index contributed by atoms with van der Waals surface area (Å²) in [5, 5.41) is 9.51. The Bertz CT molecular complexity index is 383. The molecule has 0 saturated heterocycles. The highest BCUT2D eigenvalue weighted by Gasteiger charge is 2.22. The summed E-state index contributed by atoms with van der Waals surface area (Å²) in [4.78, 5) is 9.55. The molecule has 0 spiro atoms. The van der Waals surface area contributed by atoms with E-state index < -0.39 is 27.1 Å². The molecule has 0 atom stereocenters. The Morgan fingerprint density at radius 3 is 2.54 bits per heavy atom. The highest BCUT2D eigenvalue weighted by Crippen LogP contribution is 2.38. The molecule has 0 aliphatic rings. The third-order valence-electron chi connectivity index (χ3n) is 1.36. The van der Waals surface area contributed by atoms with E-state index in [1.54, 1.807) is 0 Å². The van der Waals surface area contributed by atoms with Gasteiger partial charge in [0.25, 0.3) is 0 Å². The number of halogens is 3. The van der Waals surface area contributed by atoms with Crippen LogP contribution >= 0.6 is 23.2 Å². The minimum absolute atomic E-state index is 0.373. The molecule has 70 valence electrons. The number of hydrogen-bond donors (Lipinski definition) is 1. The maximum Gasteiger partial charge on any atom is 0.308 e. The van der Waals surface area contributed by atoms with Crippen LogP contribution in [0.4, 0.5) is 15.8 Å². The molecule has 0 saturated carbocycles. The molecule has 0 unspecified atom stereocenters. The molecule has 0 fully saturated rings. The van der Waals surface area contributed by atoms with Crippen LogP contribution in [-0.2, 0) is 0 Å². The van der Waals surface area contributed by atoms with Crippen LogP contribution in [0.3, 0.4) is 0 Å². The maximum atomic E-state index is 12.8. The number of rotatable bonds is 1. The summed E-state index contributed by atoms with van der Waals surface area (Å²) < 4.78 is 12.8. The molecule has 0 aliphatic carbocycles. The van der Waals surface area contributed by atoms with Gasteiger partial charge in [-0.3, -0.25) is 10.1 Å². The third kappa shape index (κ3) is 1.66. The Hall–Kier alpha value is -1.07. The van der Waals surface area contributed by atoms with Gasteiger partial charge < -0.3 is 5.73 Å². The lowest BCUT2D eigenvalue weighted by atomic mass is 10.2. The number of nitrogen functional groups attached to an aromatic ring is 1. The summed E-state index contributed by atoms with van der Waals surface area (Å²) in [6.07, 6.45) is 0. The van der Waals surface area contributed by atoms with E-state index in [2.05, 4.69) is 0 Å². The second-order valence-corrected chi connectivity index (χ2v) is 2.96. The molecule has 0 bridgehead atoms. The Balaban J connectivity index is 3.53. The summed E-state index contributed by atoms with van der Waals surface area (Å²) in [5.41, 5.74) is 4.06. The minimum Gasteiger partial charge on any atom is -0.395 e. The second-order valence-electron chi connectivity index (χ2n) is 2.17. The molecule has 0 radical (unpaired) electrons. The smallest absolute Gasteiger partial charge is 0.308 e. The van der Waals surface area contributed by atoms with Gasteiger partial charge in [0.1, 0.15) is 15.9 Å². The van der Waals surface area contributed by atoms with Crippen LogP contribution in [0.5, 0.6) is 0 Å². The number of nitro groups is 1. The molecule has 1 aromatic rings. The van der Waals surface area contributed by atoms with E-state index in [0.29, 0.717) is 0 Å². The lowest BCUT2D eigenvalue weighted by molar-refractivity contribution is -0.384. The molecule has 2 N–H and O–H groups in total. The van der Waals surface area contributed by atoms with E-state index in [1.165, 1.54) is 0 Å². The fraction of sp³-hybridized carbons (Fsp3) is 0. The van der Waals surface area contributed by atoms with Crippen LogP contribution in [0.15, 0.2) is 6.07 Å². The van der Waals surface area contributed by atoms with Gasteiger partial charge in [-0.15, -0.1) is 0 Å². The maximum absolute atomic E-state index is 12.8. The fourth-order valence-electron chi connectivity index (χ4n) is 0.762. The van der Waals surface area contributed by atoms with Gasteiger partial charge in [0.05, 0.1) is 10.6 Å². The zero-order valence-corrected chi connectivity index (χ0v) is 7.56. The summed E-state index contributed by atoms with van der Waals surface area (Å²) in [7, 11) is 0. The van der Waals surface area contributed by atoms with Gasteiger partial charge in [0.15, 0.2) is 0 Å². The molecule has 7 heteroatoms. The largest absolute Gasteiger partial charge is 0.395 e. The first-order valence-corrected chi connectivity index (χ1v) is 3.78. The zero-order chi connectivity index (χ0) is 10.2. The van der Waals surface area contributed by atoms with Gasteiger partial charge in [0, 0.05) is 6.07 Å². The van der Waals surface area contributed by atoms with Crippen molar-refractivity contribution >= 4 is 34.6 Å². The average molecular weight is 225 g/mol. The van der Waals surface area contributed by atoms with E-state index in [1.807, 2.05) is 0 Å². The molecule has 1 rings (SSSR count). The first-order chi connectivity index (χ1) is 5.95. The lowest BCUT2D eigenvalue weighted by Crippen LogP contribution is -1.97.